The predicted molar refractivity (Wildman–Crippen MR) is 105 cm³/mol. The molecular weight excluding hydrogens is 342 g/mol. The van der Waals surface area contributed by atoms with Gasteiger partial charge in [0.2, 0.25) is 0 Å². The second kappa shape index (κ2) is 8.08. The van der Waals surface area contributed by atoms with E-state index in [-0.39, 0.29) is 0 Å². The quantitative estimate of drug-likeness (QED) is 0.607. The van der Waals surface area contributed by atoms with Crippen molar-refractivity contribution >= 4 is 11.3 Å². The Bertz CT molecular complexity index is 835. The summed E-state index contributed by atoms with van der Waals surface area (Å²) >= 11 is 0. The number of hydrogen-bond acceptors (Lipinski definition) is 6. The fraction of sp³-hybridized carbons (Fsp3) is 0.381. The summed E-state index contributed by atoms with van der Waals surface area (Å²) in [4.78, 5) is 4.08. The normalized spacial score (nSPS) is 19.2. The van der Waals surface area contributed by atoms with Crippen LogP contribution in [0.1, 0.15) is 41.7 Å². The van der Waals surface area contributed by atoms with E-state index in [4.69, 9.17) is 4.74 Å². The summed E-state index contributed by atoms with van der Waals surface area (Å²) < 4.78 is 5.94. The standard InChI is InChI=1S/C21H25N3O3/c25-21(26)18-5-9-23-13-19(18)24-12-16-6-10-27-20-11-15(1-2-17(16)20)14-3-7-22-8-4-14/h1-3,5,9,11,13,16,21-22,24-26H,4,6-8,10,12H2/t16-/m1/s1. The lowest BCUT2D eigenvalue weighted by atomic mass is 9.90. The number of nitrogens with one attached hydrogen (secondary N) is 2. The van der Waals surface area contributed by atoms with Crippen LogP contribution < -0.4 is 15.4 Å². The molecular formula is C21H25N3O3. The Labute approximate surface area is 158 Å². The van der Waals surface area contributed by atoms with Crippen molar-refractivity contribution in [1.82, 2.24) is 10.3 Å². The van der Waals surface area contributed by atoms with Crippen molar-refractivity contribution in [3.63, 3.8) is 0 Å². The highest BCUT2D eigenvalue weighted by Gasteiger charge is 2.23. The van der Waals surface area contributed by atoms with Gasteiger partial charge in [-0.05, 0) is 48.2 Å². The van der Waals surface area contributed by atoms with Crippen molar-refractivity contribution < 1.29 is 14.9 Å². The zero-order valence-electron chi connectivity index (χ0n) is 15.2. The van der Waals surface area contributed by atoms with Gasteiger partial charge in [0.1, 0.15) is 5.75 Å². The summed E-state index contributed by atoms with van der Waals surface area (Å²) in [5.41, 5.74) is 4.89. The molecule has 2 aliphatic rings. The van der Waals surface area contributed by atoms with Gasteiger partial charge in [-0.2, -0.15) is 0 Å². The zero-order chi connectivity index (χ0) is 18.6. The minimum atomic E-state index is -1.52. The highest BCUT2D eigenvalue weighted by Crippen LogP contribution is 2.36. The van der Waals surface area contributed by atoms with Crippen LogP contribution in [0.4, 0.5) is 5.69 Å². The summed E-state index contributed by atoms with van der Waals surface area (Å²) in [6, 6.07) is 8.13. The van der Waals surface area contributed by atoms with E-state index in [1.165, 1.54) is 16.7 Å². The molecule has 4 rings (SSSR count). The number of aromatic nitrogens is 1. The van der Waals surface area contributed by atoms with Gasteiger partial charge in [-0.15, -0.1) is 0 Å². The van der Waals surface area contributed by atoms with Crippen LogP contribution in [0.3, 0.4) is 0 Å². The van der Waals surface area contributed by atoms with Crippen LogP contribution in [0, 0.1) is 0 Å². The number of pyridine rings is 1. The average molecular weight is 367 g/mol. The van der Waals surface area contributed by atoms with Gasteiger partial charge in [-0.1, -0.05) is 18.2 Å². The maximum absolute atomic E-state index is 9.51. The molecule has 1 aromatic carbocycles. The molecule has 0 fully saturated rings. The minimum Gasteiger partial charge on any atom is -0.493 e. The summed E-state index contributed by atoms with van der Waals surface area (Å²) in [6.45, 7) is 3.31. The van der Waals surface area contributed by atoms with Crippen LogP contribution in [0.2, 0.25) is 0 Å². The van der Waals surface area contributed by atoms with Crippen molar-refractivity contribution in [3.05, 3.63) is 59.4 Å². The fourth-order valence-corrected chi connectivity index (χ4v) is 3.77. The Morgan fingerprint density at radius 2 is 2.22 bits per heavy atom. The van der Waals surface area contributed by atoms with Gasteiger partial charge in [-0.3, -0.25) is 4.98 Å². The number of rotatable bonds is 5. The summed E-state index contributed by atoms with van der Waals surface area (Å²) in [7, 11) is 0. The number of ether oxygens (including phenoxy) is 1. The third kappa shape index (κ3) is 3.98. The molecule has 0 aliphatic carbocycles. The van der Waals surface area contributed by atoms with Gasteiger partial charge in [0.25, 0.3) is 0 Å². The largest absolute Gasteiger partial charge is 0.493 e. The Balaban J connectivity index is 1.51. The third-order valence-corrected chi connectivity index (χ3v) is 5.28. The Morgan fingerprint density at radius 1 is 1.30 bits per heavy atom. The van der Waals surface area contributed by atoms with Crippen molar-refractivity contribution in [1.29, 1.82) is 0 Å². The number of anilines is 1. The van der Waals surface area contributed by atoms with E-state index in [0.717, 1.165) is 31.7 Å². The van der Waals surface area contributed by atoms with Gasteiger partial charge in [0.15, 0.2) is 6.29 Å². The lowest BCUT2D eigenvalue weighted by molar-refractivity contribution is -0.0419. The van der Waals surface area contributed by atoms with E-state index < -0.39 is 6.29 Å². The average Bonchev–Trinajstić information content (AvgIpc) is 2.72. The number of aliphatic hydroxyl groups excluding tert-OH is 1. The van der Waals surface area contributed by atoms with Gasteiger partial charge in [-0.25, -0.2) is 0 Å². The lowest BCUT2D eigenvalue weighted by Gasteiger charge is -2.28. The van der Waals surface area contributed by atoms with Crippen LogP contribution in [0.25, 0.3) is 5.57 Å². The second-order valence-electron chi connectivity index (χ2n) is 6.99. The van der Waals surface area contributed by atoms with E-state index in [1.807, 2.05) is 0 Å². The summed E-state index contributed by atoms with van der Waals surface area (Å²) in [5.74, 6) is 1.26. The smallest absolute Gasteiger partial charge is 0.180 e. The summed E-state index contributed by atoms with van der Waals surface area (Å²) in [6.07, 6.45) is 5.87. The molecule has 0 radical (unpaired) electrons. The molecule has 4 N–H and O–H groups in total. The second-order valence-corrected chi connectivity index (χ2v) is 6.99. The first-order chi connectivity index (χ1) is 13.2. The van der Waals surface area contributed by atoms with E-state index >= 15 is 0 Å². The van der Waals surface area contributed by atoms with Gasteiger partial charge < -0.3 is 25.6 Å². The molecule has 3 heterocycles. The predicted octanol–water partition coefficient (Wildman–Crippen LogP) is 2.42. The molecule has 2 aromatic rings. The van der Waals surface area contributed by atoms with Crippen molar-refractivity contribution in [3.8, 4) is 5.75 Å². The summed E-state index contributed by atoms with van der Waals surface area (Å²) in [5, 5.41) is 25.7. The maximum Gasteiger partial charge on any atom is 0.180 e. The third-order valence-electron chi connectivity index (χ3n) is 5.28. The lowest BCUT2D eigenvalue weighted by Crippen LogP contribution is -2.22. The molecule has 6 nitrogen and oxygen atoms in total. The molecule has 6 heteroatoms. The van der Waals surface area contributed by atoms with Crippen molar-refractivity contribution in [2.75, 3.05) is 31.6 Å². The van der Waals surface area contributed by atoms with Gasteiger partial charge >= 0.3 is 0 Å². The van der Waals surface area contributed by atoms with Gasteiger partial charge in [0, 0.05) is 30.8 Å². The highest BCUT2D eigenvalue weighted by molar-refractivity contribution is 5.68. The SMILES string of the molecule is OC(O)c1ccncc1NC[C@H]1CCOc2cc(C3=CCNCC3)ccc21. The molecule has 0 saturated heterocycles. The fourth-order valence-electron chi connectivity index (χ4n) is 3.77. The molecule has 142 valence electrons. The first kappa shape index (κ1) is 18.0. The van der Waals surface area contributed by atoms with Crippen LogP contribution in [-0.2, 0) is 0 Å². The van der Waals surface area contributed by atoms with Crippen LogP contribution in [0.5, 0.6) is 5.75 Å². The number of benzene rings is 1. The molecule has 2 aliphatic heterocycles. The van der Waals surface area contributed by atoms with Crippen LogP contribution in [0.15, 0.2) is 42.7 Å². The molecule has 0 spiro atoms. The number of fused-ring (bicyclic) bond motifs is 1. The maximum atomic E-state index is 9.51. The van der Waals surface area contributed by atoms with E-state index in [0.29, 0.717) is 30.3 Å². The topological polar surface area (TPSA) is 86.6 Å². The zero-order valence-corrected chi connectivity index (χ0v) is 15.2. The van der Waals surface area contributed by atoms with Crippen molar-refractivity contribution in [2.45, 2.75) is 25.0 Å². The van der Waals surface area contributed by atoms with E-state index in [1.54, 1.807) is 18.5 Å². The first-order valence-corrected chi connectivity index (χ1v) is 9.43. The van der Waals surface area contributed by atoms with Crippen molar-refractivity contribution in [2.24, 2.45) is 0 Å². The molecule has 0 bridgehead atoms. The van der Waals surface area contributed by atoms with Gasteiger partial charge in [0.05, 0.1) is 18.5 Å². The molecule has 1 atom stereocenters. The molecule has 0 unspecified atom stereocenters. The number of aliphatic hydroxyl groups is 2. The highest BCUT2D eigenvalue weighted by atomic mass is 16.5. The van der Waals surface area contributed by atoms with E-state index in [2.05, 4.69) is 39.9 Å². The molecule has 1 aromatic heterocycles. The molecule has 27 heavy (non-hydrogen) atoms. The number of hydrogen-bond donors (Lipinski definition) is 4. The minimum absolute atomic E-state index is 0.300. The Hall–Kier alpha value is -2.41. The first-order valence-electron chi connectivity index (χ1n) is 9.43. The number of nitrogens with zero attached hydrogens (tertiary/aromatic N) is 1. The Morgan fingerprint density at radius 3 is 3.04 bits per heavy atom. The van der Waals surface area contributed by atoms with E-state index in [9.17, 15) is 10.2 Å². The van der Waals surface area contributed by atoms with Crippen LogP contribution >= 0.6 is 0 Å². The van der Waals surface area contributed by atoms with Crippen LogP contribution in [-0.4, -0.2) is 41.4 Å². The monoisotopic (exact) mass is 367 g/mol. The molecule has 0 amide bonds. The Kier molecular flexibility index (Phi) is 5.38. The molecule has 0 saturated carbocycles.